The number of hydrogen-bond donors (Lipinski definition) is 2. The number of amides is 2. The van der Waals surface area contributed by atoms with Crippen LogP contribution in [0.1, 0.15) is 29.8 Å². The van der Waals surface area contributed by atoms with Gasteiger partial charge in [0.25, 0.3) is 5.56 Å². The number of carbonyl (C=O) groups excluding carboxylic acids is 2. The first-order valence-electron chi connectivity index (χ1n) is 10.9. The first-order chi connectivity index (χ1) is 15.9. The molecule has 1 aliphatic heterocycles. The zero-order valence-electron chi connectivity index (χ0n) is 18.4. The number of H-pyrrole nitrogens is 1. The van der Waals surface area contributed by atoms with E-state index in [1.54, 1.807) is 49.3 Å². The van der Waals surface area contributed by atoms with Crippen LogP contribution in [0.4, 0.5) is 11.5 Å². The van der Waals surface area contributed by atoms with E-state index in [4.69, 9.17) is 4.74 Å². The van der Waals surface area contributed by atoms with Crippen LogP contribution in [0, 0.1) is 12.8 Å². The SMILES string of the molecule is COc1ccc(N2CC(C(=O)Nc3cc(C)nn3-c3nc4c(c(=O)[nH]3)CCC4)CC2=O)cc1. The van der Waals surface area contributed by atoms with E-state index in [9.17, 15) is 14.4 Å². The second-order valence-electron chi connectivity index (χ2n) is 8.34. The Balaban J connectivity index is 1.35. The summed E-state index contributed by atoms with van der Waals surface area (Å²) >= 11 is 0. The van der Waals surface area contributed by atoms with Gasteiger partial charge in [0.05, 0.1) is 24.4 Å². The normalized spacial score (nSPS) is 17.3. The molecule has 170 valence electrons. The molecule has 10 heteroatoms. The van der Waals surface area contributed by atoms with Crippen LogP contribution in [0.15, 0.2) is 35.1 Å². The Morgan fingerprint density at radius 1 is 1.21 bits per heavy atom. The molecule has 2 aliphatic rings. The molecule has 33 heavy (non-hydrogen) atoms. The summed E-state index contributed by atoms with van der Waals surface area (Å²) in [4.78, 5) is 47.0. The maximum absolute atomic E-state index is 13.0. The predicted molar refractivity (Wildman–Crippen MR) is 121 cm³/mol. The lowest BCUT2D eigenvalue weighted by Crippen LogP contribution is -2.29. The maximum Gasteiger partial charge on any atom is 0.255 e. The summed E-state index contributed by atoms with van der Waals surface area (Å²) in [5, 5.41) is 7.27. The molecule has 1 fully saturated rings. The zero-order valence-corrected chi connectivity index (χ0v) is 18.4. The van der Waals surface area contributed by atoms with Crippen molar-refractivity contribution in [2.75, 3.05) is 23.9 Å². The Morgan fingerprint density at radius 2 is 2.00 bits per heavy atom. The fraction of sp³-hybridized carbons (Fsp3) is 0.348. The zero-order chi connectivity index (χ0) is 23.1. The van der Waals surface area contributed by atoms with Gasteiger partial charge < -0.3 is 15.0 Å². The molecule has 0 spiro atoms. The van der Waals surface area contributed by atoms with Gasteiger partial charge in [0, 0.05) is 30.3 Å². The summed E-state index contributed by atoms with van der Waals surface area (Å²) in [6, 6.07) is 8.86. The van der Waals surface area contributed by atoms with Gasteiger partial charge in [0.2, 0.25) is 17.8 Å². The summed E-state index contributed by atoms with van der Waals surface area (Å²) in [6.07, 6.45) is 2.48. The van der Waals surface area contributed by atoms with Crippen molar-refractivity contribution in [3.63, 3.8) is 0 Å². The number of carbonyl (C=O) groups is 2. The molecular weight excluding hydrogens is 424 g/mol. The van der Waals surface area contributed by atoms with Gasteiger partial charge in [-0.2, -0.15) is 9.78 Å². The minimum atomic E-state index is -0.518. The molecule has 1 aliphatic carbocycles. The molecule has 0 bridgehead atoms. The molecule has 0 radical (unpaired) electrons. The Bertz CT molecular complexity index is 1290. The predicted octanol–water partition coefficient (Wildman–Crippen LogP) is 1.75. The smallest absolute Gasteiger partial charge is 0.255 e. The molecular formula is C23H24N6O4. The van der Waals surface area contributed by atoms with Crippen LogP contribution in [0.2, 0.25) is 0 Å². The number of aryl methyl sites for hydroxylation is 2. The first-order valence-corrected chi connectivity index (χ1v) is 10.9. The Morgan fingerprint density at radius 3 is 2.76 bits per heavy atom. The van der Waals surface area contributed by atoms with Gasteiger partial charge in [-0.1, -0.05) is 0 Å². The average Bonchev–Trinajstić information content (AvgIpc) is 3.52. The second-order valence-corrected chi connectivity index (χ2v) is 8.34. The van der Waals surface area contributed by atoms with Gasteiger partial charge in [0.1, 0.15) is 11.6 Å². The van der Waals surface area contributed by atoms with Gasteiger partial charge in [-0.15, -0.1) is 0 Å². The third-order valence-electron chi connectivity index (χ3n) is 6.09. The van der Waals surface area contributed by atoms with E-state index in [-0.39, 0.29) is 36.3 Å². The molecule has 10 nitrogen and oxygen atoms in total. The monoisotopic (exact) mass is 448 g/mol. The molecule has 3 aromatic rings. The number of anilines is 2. The molecule has 1 saturated heterocycles. The second kappa shape index (κ2) is 8.19. The highest BCUT2D eigenvalue weighted by molar-refractivity contribution is 6.03. The minimum absolute atomic E-state index is 0.110. The van der Waals surface area contributed by atoms with Crippen molar-refractivity contribution in [3.8, 4) is 11.7 Å². The fourth-order valence-electron chi connectivity index (χ4n) is 4.40. The van der Waals surface area contributed by atoms with Crippen molar-refractivity contribution >= 4 is 23.3 Å². The van der Waals surface area contributed by atoms with Crippen molar-refractivity contribution in [1.82, 2.24) is 19.7 Å². The summed E-state index contributed by atoms with van der Waals surface area (Å²) in [6.45, 7) is 2.07. The number of aromatic amines is 1. The van der Waals surface area contributed by atoms with E-state index in [0.29, 0.717) is 17.3 Å². The van der Waals surface area contributed by atoms with E-state index < -0.39 is 5.92 Å². The molecule has 5 rings (SSSR count). The van der Waals surface area contributed by atoms with Gasteiger partial charge >= 0.3 is 0 Å². The summed E-state index contributed by atoms with van der Waals surface area (Å²) in [5.41, 5.74) is 2.70. The first kappa shape index (κ1) is 20.9. The number of aromatic nitrogens is 4. The lowest BCUT2D eigenvalue weighted by molar-refractivity contribution is -0.122. The van der Waals surface area contributed by atoms with Gasteiger partial charge in [-0.3, -0.25) is 19.4 Å². The molecule has 0 saturated carbocycles. The highest BCUT2D eigenvalue weighted by Crippen LogP contribution is 2.28. The third kappa shape index (κ3) is 3.88. The topological polar surface area (TPSA) is 122 Å². The lowest BCUT2D eigenvalue weighted by Gasteiger charge is -2.17. The molecule has 2 aromatic heterocycles. The largest absolute Gasteiger partial charge is 0.497 e. The van der Waals surface area contributed by atoms with Crippen molar-refractivity contribution in [3.05, 3.63) is 57.6 Å². The Kier molecular flexibility index (Phi) is 5.20. The number of methoxy groups -OCH3 is 1. The van der Waals surface area contributed by atoms with Crippen molar-refractivity contribution in [2.24, 2.45) is 5.92 Å². The molecule has 1 atom stereocenters. The number of nitrogens with zero attached hydrogens (tertiary/aromatic N) is 4. The van der Waals surface area contributed by atoms with E-state index in [1.165, 1.54) is 4.68 Å². The van der Waals surface area contributed by atoms with Crippen LogP contribution in [-0.2, 0) is 22.4 Å². The quantitative estimate of drug-likeness (QED) is 0.613. The number of rotatable bonds is 5. The summed E-state index contributed by atoms with van der Waals surface area (Å²) in [7, 11) is 1.58. The van der Waals surface area contributed by atoms with Gasteiger partial charge in [-0.05, 0) is 50.5 Å². The molecule has 2 amide bonds. The molecule has 3 heterocycles. The highest BCUT2D eigenvalue weighted by atomic mass is 16.5. The van der Waals surface area contributed by atoms with Gasteiger partial charge in [0.15, 0.2) is 0 Å². The minimum Gasteiger partial charge on any atom is -0.497 e. The number of ether oxygens (including phenoxy) is 1. The molecule has 1 aromatic carbocycles. The standard InChI is InChI=1S/C23H24N6O4/c1-13-10-19(29(27-13)23-24-18-5-3-4-17(18)22(32)26-23)25-21(31)14-11-20(30)28(12-14)15-6-8-16(33-2)9-7-15/h6-10,14H,3-5,11-12H2,1-2H3,(H,25,31)(H,24,26,32). The van der Waals surface area contributed by atoms with E-state index in [0.717, 1.165) is 36.2 Å². The molecule has 2 N–H and O–H groups in total. The van der Waals surface area contributed by atoms with Gasteiger partial charge in [-0.25, -0.2) is 4.98 Å². The average molecular weight is 448 g/mol. The lowest BCUT2D eigenvalue weighted by atomic mass is 10.1. The Hall–Kier alpha value is -3.95. The van der Waals surface area contributed by atoms with Crippen LogP contribution in [0.3, 0.4) is 0 Å². The Labute approximate surface area is 189 Å². The van der Waals surface area contributed by atoms with Crippen molar-refractivity contribution < 1.29 is 14.3 Å². The van der Waals surface area contributed by atoms with E-state index in [2.05, 4.69) is 20.4 Å². The fourth-order valence-corrected chi connectivity index (χ4v) is 4.40. The van der Waals surface area contributed by atoms with E-state index >= 15 is 0 Å². The van der Waals surface area contributed by atoms with Crippen LogP contribution in [0.5, 0.6) is 5.75 Å². The van der Waals surface area contributed by atoms with Crippen LogP contribution in [-0.4, -0.2) is 45.2 Å². The highest BCUT2D eigenvalue weighted by Gasteiger charge is 2.35. The summed E-state index contributed by atoms with van der Waals surface area (Å²) in [5.74, 6) is 0.441. The van der Waals surface area contributed by atoms with Crippen LogP contribution in [0.25, 0.3) is 5.95 Å². The number of hydrogen-bond acceptors (Lipinski definition) is 6. The molecule has 1 unspecified atom stereocenters. The summed E-state index contributed by atoms with van der Waals surface area (Å²) < 4.78 is 6.60. The third-order valence-corrected chi connectivity index (χ3v) is 6.09. The van der Waals surface area contributed by atoms with E-state index in [1.807, 2.05) is 0 Å². The number of benzene rings is 1. The van der Waals surface area contributed by atoms with Crippen molar-refractivity contribution in [1.29, 1.82) is 0 Å². The number of fused-ring (bicyclic) bond motifs is 1. The van der Waals surface area contributed by atoms with Crippen LogP contribution < -0.4 is 20.5 Å². The number of nitrogens with one attached hydrogen (secondary N) is 2. The van der Waals surface area contributed by atoms with Crippen LogP contribution >= 0.6 is 0 Å². The van der Waals surface area contributed by atoms with Crippen molar-refractivity contribution in [2.45, 2.75) is 32.6 Å². The maximum atomic E-state index is 13.0.